The Hall–Kier alpha value is -2.21. The summed E-state index contributed by atoms with van der Waals surface area (Å²) in [6, 6.07) is 6.09. The smallest absolute Gasteiger partial charge is 0.229 e. The number of nitrogens with one attached hydrogen (secondary N) is 1. The molecule has 1 spiro atoms. The normalized spacial score (nSPS) is 26.2. The molecule has 1 saturated carbocycles. The third-order valence-corrected chi connectivity index (χ3v) is 9.91. The number of benzene rings is 1. The predicted molar refractivity (Wildman–Crippen MR) is 144 cm³/mol. The standard InChI is InChI=1S/C31H44N2O4/c1-3-21(4-2)20-33-15-13-31(14-16-33)18-26(19-31)37-25-11-9-22-5-6-23(29(35)27(22)17-25)7-8-24-10-12-28(34)32-30(24)36/h9,11,17,21,23-24,26H,3-8,10,12-16,18-20H2,1-2H3,(H,32,34,36). The summed E-state index contributed by atoms with van der Waals surface area (Å²) in [5, 5.41) is 2.43. The van der Waals surface area contributed by atoms with Gasteiger partial charge in [0, 0.05) is 30.4 Å². The van der Waals surface area contributed by atoms with E-state index < -0.39 is 0 Å². The van der Waals surface area contributed by atoms with Crippen molar-refractivity contribution in [3.63, 3.8) is 0 Å². The second-order valence-electron chi connectivity index (χ2n) is 12.3. The molecule has 2 unspecified atom stereocenters. The van der Waals surface area contributed by atoms with E-state index >= 15 is 0 Å². The summed E-state index contributed by atoms with van der Waals surface area (Å²) in [6.07, 6.45) is 11.7. The Morgan fingerprint density at radius 1 is 1.00 bits per heavy atom. The molecule has 37 heavy (non-hydrogen) atoms. The highest BCUT2D eigenvalue weighted by Crippen LogP contribution is 2.50. The van der Waals surface area contributed by atoms with Crippen LogP contribution in [0.25, 0.3) is 0 Å². The van der Waals surface area contributed by atoms with E-state index in [1.54, 1.807) is 0 Å². The van der Waals surface area contributed by atoms with Gasteiger partial charge in [0.05, 0.1) is 6.10 Å². The molecule has 2 saturated heterocycles. The van der Waals surface area contributed by atoms with Crippen molar-refractivity contribution < 1.29 is 19.1 Å². The van der Waals surface area contributed by atoms with Crippen LogP contribution in [-0.4, -0.2) is 48.2 Å². The van der Waals surface area contributed by atoms with E-state index in [-0.39, 0.29) is 35.5 Å². The molecule has 6 heteroatoms. The molecule has 3 fully saturated rings. The van der Waals surface area contributed by atoms with Crippen LogP contribution in [-0.2, 0) is 16.0 Å². The third-order valence-electron chi connectivity index (χ3n) is 9.91. The van der Waals surface area contributed by atoms with Crippen molar-refractivity contribution >= 4 is 17.6 Å². The highest BCUT2D eigenvalue weighted by atomic mass is 16.5. The molecule has 2 amide bonds. The number of ether oxygens (including phenoxy) is 1. The summed E-state index contributed by atoms with van der Waals surface area (Å²) < 4.78 is 6.38. The fraction of sp³-hybridized carbons (Fsp3) is 0.710. The van der Waals surface area contributed by atoms with Gasteiger partial charge in [-0.2, -0.15) is 0 Å². The monoisotopic (exact) mass is 508 g/mol. The molecule has 2 aliphatic carbocycles. The van der Waals surface area contributed by atoms with Gasteiger partial charge in [-0.15, -0.1) is 0 Å². The number of aryl methyl sites for hydroxylation is 1. The van der Waals surface area contributed by atoms with E-state index in [2.05, 4.69) is 30.1 Å². The first-order chi connectivity index (χ1) is 17.9. The molecule has 5 rings (SSSR count). The Bertz CT molecular complexity index is 1000. The number of carbonyl (C=O) groups excluding carboxylic acids is 3. The van der Waals surface area contributed by atoms with E-state index in [0.29, 0.717) is 31.1 Å². The lowest BCUT2D eigenvalue weighted by atomic mass is 9.61. The number of rotatable bonds is 9. The number of hydrogen-bond donors (Lipinski definition) is 1. The maximum Gasteiger partial charge on any atom is 0.229 e. The Balaban J connectivity index is 1.11. The van der Waals surface area contributed by atoms with Gasteiger partial charge in [0.25, 0.3) is 0 Å². The molecule has 1 N–H and O–H groups in total. The maximum atomic E-state index is 13.3. The zero-order valence-electron chi connectivity index (χ0n) is 22.7. The summed E-state index contributed by atoms with van der Waals surface area (Å²) >= 11 is 0. The number of hydrogen-bond acceptors (Lipinski definition) is 5. The van der Waals surface area contributed by atoms with Crippen LogP contribution >= 0.6 is 0 Å². The van der Waals surface area contributed by atoms with Gasteiger partial charge in [-0.25, -0.2) is 0 Å². The number of amides is 2. The van der Waals surface area contributed by atoms with Crippen molar-refractivity contribution in [3.05, 3.63) is 29.3 Å². The van der Waals surface area contributed by atoms with Crippen LogP contribution in [0.1, 0.15) is 100 Å². The molecule has 6 nitrogen and oxygen atoms in total. The van der Waals surface area contributed by atoms with Gasteiger partial charge in [0.15, 0.2) is 5.78 Å². The molecule has 2 atom stereocenters. The number of piperidine rings is 2. The van der Waals surface area contributed by atoms with Gasteiger partial charge in [-0.05, 0) is 99.9 Å². The predicted octanol–water partition coefficient (Wildman–Crippen LogP) is 5.32. The molecule has 202 valence electrons. The second kappa shape index (κ2) is 11.3. The Kier molecular flexibility index (Phi) is 8.04. The molecular weight excluding hydrogens is 464 g/mol. The van der Waals surface area contributed by atoms with Crippen LogP contribution in [0.2, 0.25) is 0 Å². The van der Waals surface area contributed by atoms with E-state index in [0.717, 1.165) is 48.5 Å². The molecule has 2 aliphatic heterocycles. The number of fused-ring (bicyclic) bond motifs is 1. The number of nitrogens with zero attached hydrogens (tertiary/aromatic N) is 1. The highest BCUT2D eigenvalue weighted by Gasteiger charge is 2.47. The zero-order chi connectivity index (χ0) is 26.0. The lowest BCUT2D eigenvalue weighted by Crippen LogP contribution is -2.51. The van der Waals surface area contributed by atoms with Crippen LogP contribution in [0.5, 0.6) is 5.75 Å². The van der Waals surface area contributed by atoms with Crippen LogP contribution in [0, 0.1) is 23.2 Å². The summed E-state index contributed by atoms with van der Waals surface area (Å²) in [7, 11) is 0. The lowest BCUT2D eigenvalue weighted by molar-refractivity contribution is -0.136. The first kappa shape index (κ1) is 26.4. The van der Waals surface area contributed by atoms with Gasteiger partial charge < -0.3 is 9.64 Å². The number of Topliss-reactive ketones (excluding diaryl/α,β-unsaturated/α-hetero) is 1. The average molecular weight is 509 g/mol. The van der Waals surface area contributed by atoms with Crippen LogP contribution in [0.15, 0.2) is 18.2 Å². The highest BCUT2D eigenvalue weighted by molar-refractivity contribution is 6.01. The van der Waals surface area contributed by atoms with Crippen molar-refractivity contribution in [2.75, 3.05) is 19.6 Å². The molecule has 0 radical (unpaired) electrons. The summed E-state index contributed by atoms with van der Waals surface area (Å²) in [4.78, 5) is 39.5. The van der Waals surface area contributed by atoms with Crippen molar-refractivity contribution in [1.29, 1.82) is 0 Å². The van der Waals surface area contributed by atoms with E-state index in [1.165, 1.54) is 45.3 Å². The number of imide groups is 1. The van der Waals surface area contributed by atoms with Crippen molar-refractivity contribution in [2.45, 2.75) is 97.0 Å². The fourth-order valence-electron chi connectivity index (χ4n) is 7.16. The lowest BCUT2D eigenvalue weighted by Gasteiger charge is -2.52. The summed E-state index contributed by atoms with van der Waals surface area (Å²) in [5.74, 6) is 1.28. The van der Waals surface area contributed by atoms with E-state index in [9.17, 15) is 14.4 Å². The molecule has 1 aromatic rings. The van der Waals surface area contributed by atoms with Crippen molar-refractivity contribution in [1.82, 2.24) is 10.2 Å². The largest absolute Gasteiger partial charge is 0.490 e. The van der Waals surface area contributed by atoms with Crippen LogP contribution < -0.4 is 10.1 Å². The topological polar surface area (TPSA) is 75.7 Å². The van der Waals surface area contributed by atoms with Gasteiger partial charge >= 0.3 is 0 Å². The molecule has 1 aromatic carbocycles. The quantitative estimate of drug-likeness (QED) is 0.457. The van der Waals surface area contributed by atoms with Gasteiger partial charge in [0.1, 0.15) is 5.75 Å². The molecule has 0 aromatic heterocycles. The van der Waals surface area contributed by atoms with Gasteiger partial charge in [-0.1, -0.05) is 32.8 Å². The van der Waals surface area contributed by atoms with Crippen molar-refractivity contribution in [2.24, 2.45) is 23.2 Å². The Morgan fingerprint density at radius 3 is 2.41 bits per heavy atom. The molecule has 4 aliphatic rings. The summed E-state index contributed by atoms with van der Waals surface area (Å²) in [5.41, 5.74) is 2.38. The van der Waals surface area contributed by atoms with E-state index in [4.69, 9.17) is 4.74 Å². The summed E-state index contributed by atoms with van der Waals surface area (Å²) in [6.45, 7) is 8.31. The SMILES string of the molecule is CCC(CC)CN1CCC2(CC1)CC(Oc1ccc3c(c1)C(=O)C(CCC1CCC(=O)NC1=O)CC3)C2. The van der Waals surface area contributed by atoms with E-state index in [1.807, 2.05) is 12.1 Å². The molecule has 2 heterocycles. The number of carbonyl (C=O) groups is 3. The molecule has 0 bridgehead atoms. The van der Waals surface area contributed by atoms with Crippen molar-refractivity contribution in [3.8, 4) is 5.75 Å². The minimum atomic E-state index is -0.184. The minimum absolute atomic E-state index is 0.0506. The number of ketones is 1. The second-order valence-corrected chi connectivity index (χ2v) is 12.3. The van der Waals surface area contributed by atoms with Crippen LogP contribution in [0.3, 0.4) is 0 Å². The third kappa shape index (κ3) is 5.94. The van der Waals surface area contributed by atoms with Gasteiger partial charge in [-0.3, -0.25) is 19.7 Å². The maximum absolute atomic E-state index is 13.3. The Morgan fingerprint density at radius 2 is 1.70 bits per heavy atom. The number of likely N-dealkylation sites (tertiary alicyclic amines) is 1. The Labute approximate surface area is 221 Å². The first-order valence-corrected chi connectivity index (χ1v) is 14.8. The first-order valence-electron chi connectivity index (χ1n) is 14.8. The van der Waals surface area contributed by atoms with Crippen LogP contribution in [0.4, 0.5) is 0 Å². The zero-order valence-corrected chi connectivity index (χ0v) is 22.7. The average Bonchev–Trinajstić information content (AvgIpc) is 2.88. The van der Waals surface area contributed by atoms with Gasteiger partial charge in [0.2, 0.25) is 11.8 Å². The fourth-order valence-corrected chi connectivity index (χ4v) is 7.16. The minimum Gasteiger partial charge on any atom is -0.490 e. The molecular formula is C31H44N2O4.